The van der Waals surface area contributed by atoms with Crippen molar-refractivity contribution >= 4 is 17.7 Å². The molecule has 2 N–H and O–H groups in total. The zero-order chi connectivity index (χ0) is 15.7. The molecule has 0 aromatic heterocycles. The first-order chi connectivity index (χ1) is 9.05. The summed E-state index contributed by atoms with van der Waals surface area (Å²) in [7, 11) is 0. The second-order valence-corrected chi connectivity index (χ2v) is 3.20. The molecule has 0 spiro atoms. The first kappa shape index (κ1) is 15.6. The van der Waals surface area contributed by atoms with Gasteiger partial charge in [-0.3, -0.25) is 0 Å². The van der Waals surface area contributed by atoms with Crippen LogP contribution in [0.2, 0.25) is 0 Å². The first-order valence-corrected chi connectivity index (χ1v) is 4.58. The van der Waals surface area contributed by atoms with Crippen LogP contribution in [0.4, 0.5) is 36.8 Å². The molecule has 110 valence electrons. The van der Waals surface area contributed by atoms with E-state index in [1.807, 2.05) is 0 Å². The van der Waals surface area contributed by atoms with Crippen molar-refractivity contribution in [1.82, 2.24) is 0 Å². The fourth-order valence-corrected chi connectivity index (χ4v) is 1.02. The first-order valence-electron chi connectivity index (χ1n) is 4.58. The number of nitrogens with two attached hydrogens (primary N) is 1. The average Bonchev–Trinajstić information content (AvgIpc) is 2.32. The number of carbonyl (C=O) groups excluding carboxylic acids is 2. The predicted octanol–water partition coefficient (Wildman–Crippen LogP) is 2.01. The van der Waals surface area contributed by atoms with Crippen molar-refractivity contribution in [3.8, 4) is 0 Å². The Morgan fingerprint density at radius 3 is 2.10 bits per heavy atom. The van der Waals surface area contributed by atoms with Gasteiger partial charge in [-0.1, -0.05) is 0 Å². The zero-order valence-corrected chi connectivity index (χ0v) is 9.17. The molecule has 0 fully saturated rings. The van der Waals surface area contributed by atoms with Crippen LogP contribution < -0.4 is 10.8 Å². The second-order valence-electron chi connectivity index (χ2n) is 3.20. The van der Waals surface area contributed by atoms with Gasteiger partial charge in [0.15, 0.2) is 17.5 Å². The van der Waals surface area contributed by atoms with Crippen LogP contribution in [0.1, 0.15) is 0 Å². The van der Waals surface area contributed by atoms with E-state index in [9.17, 15) is 35.9 Å². The van der Waals surface area contributed by atoms with E-state index in [2.05, 4.69) is 10.6 Å². The third-order valence-corrected chi connectivity index (χ3v) is 1.84. The van der Waals surface area contributed by atoms with E-state index in [4.69, 9.17) is 0 Å². The molecule has 0 atom stereocenters. The van der Waals surface area contributed by atoms with Gasteiger partial charge in [0.2, 0.25) is 0 Å². The quantitative estimate of drug-likeness (QED) is 0.490. The third kappa shape index (κ3) is 3.10. The van der Waals surface area contributed by atoms with Crippen molar-refractivity contribution in [1.29, 1.82) is 0 Å². The van der Waals surface area contributed by atoms with Crippen molar-refractivity contribution in [2.75, 3.05) is 5.06 Å². The van der Waals surface area contributed by atoms with Crippen LogP contribution in [0.25, 0.3) is 0 Å². The SMILES string of the molecule is NC(=O)N(OC(=O)C(F)(F)F)c1ccc(F)c(F)c1F. The lowest BCUT2D eigenvalue weighted by molar-refractivity contribution is -0.199. The van der Waals surface area contributed by atoms with Gasteiger partial charge >= 0.3 is 18.2 Å². The Hall–Kier alpha value is -2.46. The molecule has 0 saturated carbocycles. The largest absolute Gasteiger partial charge is 0.493 e. The Bertz CT molecular complexity index is 559. The summed E-state index contributed by atoms with van der Waals surface area (Å²) in [6.45, 7) is 0. The number of benzene rings is 1. The van der Waals surface area contributed by atoms with Gasteiger partial charge in [-0.15, -0.1) is 5.06 Å². The predicted molar refractivity (Wildman–Crippen MR) is 50.5 cm³/mol. The Balaban J connectivity index is 3.20. The summed E-state index contributed by atoms with van der Waals surface area (Å²) in [5, 5.41) is -0.645. The summed E-state index contributed by atoms with van der Waals surface area (Å²) in [6.07, 6.45) is -5.51. The Kier molecular flexibility index (Phi) is 4.11. The van der Waals surface area contributed by atoms with Crippen molar-refractivity contribution in [2.45, 2.75) is 6.18 Å². The molecule has 2 amide bonds. The van der Waals surface area contributed by atoms with E-state index in [0.717, 1.165) is 0 Å². The van der Waals surface area contributed by atoms with Crippen LogP contribution in [-0.2, 0) is 9.63 Å². The van der Waals surface area contributed by atoms with Gasteiger partial charge in [-0.05, 0) is 12.1 Å². The molecule has 5 nitrogen and oxygen atoms in total. The third-order valence-electron chi connectivity index (χ3n) is 1.84. The van der Waals surface area contributed by atoms with Gasteiger partial charge in [0.05, 0.1) is 0 Å². The smallest absolute Gasteiger partial charge is 0.349 e. The van der Waals surface area contributed by atoms with E-state index >= 15 is 0 Å². The number of halogens is 6. The summed E-state index contributed by atoms with van der Waals surface area (Å²) in [5.41, 5.74) is 3.28. The molecular formula is C9H4F6N2O3. The second kappa shape index (κ2) is 5.27. The minimum Gasteiger partial charge on any atom is -0.349 e. The van der Waals surface area contributed by atoms with Crippen LogP contribution in [-0.4, -0.2) is 18.2 Å². The number of hydrogen-bond acceptors (Lipinski definition) is 3. The van der Waals surface area contributed by atoms with Gasteiger partial charge in [-0.25, -0.2) is 22.8 Å². The van der Waals surface area contributed by atoms with E-state index in [1.165, 1.54) is 0 Å². The topological polar surface area (TPSA) is 72.6 Å². The number of hydroxylamine groups is 1. The van der Waals surface area contributed by atoms with Crippen molar-refractivity contribution in [2.24, 2.45) is 5.73 Å². The molecular weight excluding hydrogens is 298 g/mol. The highest BCUT2D eigenvalue weighted by Gasteiger charge is 2.44. The van der Waals surface area contributed by atoms with E-state index in [0.29, 0.717) is 12.1 Å². The lowest BCUT2D eigenvalue weighted by atomic mass is 10.3. The number of rotatable bonds is 1. The molecule has 0 aliphatic rings. The van der Waals surface area contributed by atoms with Crippen LogP contribution in [0, 0.1) is 17.5 Å². The summed E-state index contributed by atoms with van der Waals surface area (Å²) in [4.78, 5) is 24.9. The molecule has 0 heterocycles. The minimum absolute atomic E-state index is 0.297. The number of nitrogens with zero attached hydrogens (tertiary/aromatic N) is 1. The van der Waals surface area contributed by atoms with E-state index in [-0.39, 0.29) is 0 Å². The van der Waals surface area contributed by atoms with Crippen LogP contribution in [0.3, 0.4) is 0 Å². The highest BCUT2D eigenvalue weighted by molar-refractivity contribution is 5.91. The molecule has 0 unspecified atom stereocenters. The maximum Gasteiger partial charge on any atom is 0.493 e. The van der Waals surface area contributed by atoms with Crippen molar-refractivity contribution in [3.63, 3.8) is 0 Å². The maximum atomic E-state index is 13.3. The molecule has 20 heavy (non-hydrogen) atoms. The molecule has 0 bridgehead atoms. The van der Waals surface area contributed by atoms with Crippen LogP contribution in [0.15, 0.2) is 12.1 Å². The molecule has 0 aliphatic carbocycles. The molecule has 1 aromatic rings. The molecule has 1 aromatic carbocycles. The highest BCUT2D eigenvalue weighted by Crippen LogP contribution is 2.26. The van der Waals surface area contributed by atoms with Gasteiger partial charge in [0.1, 0.15) is 5.69 Å². The summed E-state index contributed by atoms with van der Waals surface area (Å²) in [6, 6.07) is -1.19. The Morgan fingerprint density at radius 1 is 1.10 bits per heavy atom. The van der Waals surface area contributed by atoms with Gasteiger partial charge in [0.25, 0.3) is 0 Å². The van der Waals surface area contributed by atoms with Gasteiger partial charge in [0, 0.05) is 0 Å². The summed E-state index contributed by atoms with van der Waals surface area (Å²) in [5.74, 6) is -8.71. The lowest BCUT2D eigenvalue weighted by Gasteiger charge is -2.20. The number of urea groups is 1. The van der Waals surface area contributed by atoms with Crippen molar-refractivity contribution < 1.29 is 40.8 Å². The standard InChI is InChI=1S/C9H4F6N2O3/c10-3-1-2-4(6(12)5(3)11)17(8(16)19)20-7(18)9(13,14)15/h1-2H,(H2,16,19). The molecule has 0 aliphatic heterocycles. The number of anilines is 1. The summed E-state index contributed by atoms with van der Waals surface area (Å²) >= 11 is 0. The Morgan fingerprint density at radius 2 is 1.65 bits per heavy atom. The van der Waals surface area contributed by atoms with E-state index in [1.54, 1.807) is 0 Å². The molecule has 0 radical (unpaired) electrons. The monoisotopic (exact) mass is 302 g/mol. The fourth-order valence-electron chi connectivity index (χ4n) is 1.02. The van der Waals surface area contributed by atoms with Gasteiger partial charge in [-0.2, -0.15) is 13.2 Å². The summed E-state index contributed by atoms with van der Waals surface area (Å²) < 4.78 is 74.7. The average molecular weight is 302 g/mol. The van der Waals surface area contributed by atoms with Gasteiger partial charge < -0.3 is 10.6 Å². The van der Waals surface area contributed by atoms with Crippen LogP contribution in [0.5, 0.6) is 0 Å². The minimum atomic E-state index is -5.51. The number of alkyl halides is 3. The normalized spacial score (nSPS) is 11.1. The lowest BCUT2D eigenvalue weighted by Crippen LogP contribution is -2.42. The number of primary amides is 1. The molecule has 0 saturated heterocycles. The van der Waals surface area contributed by atoms with Crippen LogP contribution >= 0.6 is 0 Å². The van der Waals surface area contributed by atoms with E-state index < -0.39 is 46.4 Å². The number of carbonyl (C=O) groups is 2. The fraction of sp³-hybridized carbons (Fsp3) is 0.111. The number of hydrogen-bond donors (Lipinski definition) is 1. The highest BCUT2D eigenvalue weighted by atomic mass is 19.4. The Labute approximate surface area is 106 Å². The number of amides is 2. The maximum absolute atomic E-state index is 13.3. The molecule has 11 heteroatoms. The zero-order valence-electron chi connectivity index (χ0n) is 9.17. The molecule has 1 rings (SSSR count). The van der Waals surface area contributed by atoms with Crippen molar-refractivity contribution in [3.05, 3.63) is 29.6 Å².